The molecule has 0 fully saturated rings. The summed E-state index contributed by atoms with van der Waals surface area (Å²) in [7, 11) is 3.41. The lowest BCUT2D eigenvalue weighted by Gasteiger charge is -1.98. The first kappa shape index (κ1) is 7.49. The van der Waals surface area contributed by atoms with Crippen molar-refractivity contribution in [3.8, 4) is 0 Å². The van der Waals surface area contributed by atoms with Gasteiger partial charge in [0.2, 0.25) is 0 Å². The quantitative estimate of drug-likeness (QED) is 0.533. The highest BCUT2D eigenvalue weighted by Gasteiger charge is 1.94. The van der Waals surface area contributed by atoms with E-state index in [1.807, 2.05) is 18.2 Å². The largest absolute Gasteiger partial charge is 0.207 e. The molecule has 0 atom stereocenters. The number of benzene rings is 2. The third-order valence-electron chi connectivity index (χ3n) is 1.80. The molecular formula is C10H6FSi. The van der Waals surface area contributed by atoms with Crippen molar-refractivity contribution in [3.05, 3.63) is 42.2 Å². The first-order chi connectivity index (χ1) is 5.75. The molecule has 0 N–H and O–H groups in total. The minimum Gasteiger partial charge on any atom is -0.207 e. The molecule has 2 rings (SSSR count). The van der Waals surface area contributed by atoms with Crippen LogP contribution in [0.2, 0.25) is 0 Å². The molecule has 2 aromatic carbocycles. The lowest BCUT2D eigenvalue weighted by atomic mass is 10.1. The Morgan fingerprint density at radius 1 is 0.917 bits per heavy atom. The zero-order valence-electron chi connectivity index (χ0n) is 6.34. The minimum atomic E-state index is -0.191. The predicted molar refractivity (Wildman–Crippen MR) is 49.3 cm³/mol. The lowest BCUT2D eigenvalue weighted by molar-refractivity contribution is 0.630. The van der Waals surface area contributed by atoms with E-state index in [4.69, 9.17) is 0 Å². The third kappa shape index (κ3) is 1.25. The summed E-state index contributed by atoms with van der Waals surface area (Å²) in [5, 5.41) is 2.98. The predicted octanol–water partition coefficient (Wildman–Crippen LogP) is 1.77. The first-order valence-corrected chi connectivity index (χ1v) is 4.17. The summed E-state index contributed by atoms with van der Waals surface area (Å²) in [6.45, 7) is 0. The summed E-state index contributed by atoms with van der Waals surface area (Å²) in [4.78, 5) is 0. The number of halogens is 1. The Balaban J connectivity index is 2.79. The van der Waals surface area contributed by atoms with Crippen molar-refractivity contribution in [2.45, 2.75) is 0 Å². The SMILES string of the molecule is Fc1ccc2cc([Si])ccc2c1. The fourth-order valence-electron chi connectivity index (χ4n) is 1.22. The van der Waals surface area contributed by atoms with Crippen LogP contribution in [0.5, 0.6) is 0 Å². The zero-order chi connectivity index (χ0) is 8.55. The lowest BCUT2D eigenvalue weighted by Crippen LogP contribution is -1.99. The topological polar surface area (TPSA) is 0 Å². The van der Waals surface area contributed by atoms with E-state index in [0.29, 0.717) is 0 Å². The van der Waals surface area contributed by atoms with Crippen molar-refractivity contribution in [2.75, 3.05) is 0 Å². The summed E-state index contributed by atoms with van der Waals surface area (Å²) < 4.78 is 12.7. The van der Waals surface area contributed by atoms with Crippen LogP contribution in [0, 0.1) is 5.82 Å². The van der Waals surface area contributed by atoms with Crippen LogP contribution in [0.3, 0.4) is 0 Å². The van der Waals surface area contributed by atoms with Gasteiger partial charge in [-0.1, -0.05) is 29.5 Å². The molecule has 0 saturated carbocycles. The molecule has 0 bridgehead atoms. The second-order valence-electron chi connectivity index (χ2n) is 2.71. The van der Waals surface area contributed by atoms with Crippen LogP contribution in [0.1, 0.15) is 0 Å². The van der Waals surface area contributed by atoms with Gasteiger partial charge in [0.15, 0.2) is 0 Å². The van der Waals surface area contributed by atoms with Gasteiger partial charge >= 0.3 is 0 Å². The van der Waals surface area contributed by atoms with Crippen LogP contribution in [0.25, 0.3) is 10.8 Å². The molecule has 2 heteroatoms. The monoisotopic (exact) mass is 173 g/mol. The minimum absolute atomic E-state index is 0.191. The highest BCUT2D eigenvalue weighted by molar-refractivity contribution is 6.33. The molecular weight excluding hydrogens is 167 g/mol. The van der Waals surface area contributed by atoms with E-state index in [1.54, 1.807) is 6.07 Å². The van der Waals surface area contributed by atoms with Crippen LogP contribution in [-0.4, -0.2) is 10.2 Å². The Hall–Kier alpha value is -1.15. The third-order valence-corrected chi connectivity index (χ3v) is 2.11. The molecule has 12 heavy (non-hydrogen) atoms. The normalized spacial score (nSPS) is 10.5. The van der Waals surface area contributed by atoms with E-state index in [-0.39, 0.29) is 5.82 Å². The second-order valence-corrected chi connectivity index (χ2v) is 3.28. The molecule has 0 spiro atoms. The molecule has 0 aliphatic carbocycles. The van der Waals surface area contributed by atoms with Gasteiger partial charge in [0, 0.05) is 0 Å². The van der Waals surface area contributed by atoms with Crippen LogP contribution < -0.4 is 5.19 Å². The van der Waals surface area contributed by atoms with E-state index in [9.17, 15) is 4.39 Å². The average Bonchev–Trinajstić information content (AvgIpc) is 2.05. The molecule has 0 nitrogen and oxygen atoms in total. The summed E-state index contributed by atoms with van der Waals surface area (Å²) in [5.74, 6) is -0.191. The molecule has 57 valence electrons. The molecule has 0 aliphatic heterocycles. The fourth-order valence-corrected chi connectivity index (χ4v) is 1.46. The van der Waals surface area contributed by atoms with Crippen LogP contribution in [0.15, 0.2) is 36.4 Å². The smallest absolute Gasteiger partial charge is 0.123 e. The van der Waals surface area contributed by atoms with E-state index in [0.717, 1.165) is 16.0 Å². The Bertz CT molecular complexity index is 382. The van der Waals surface area contributed by atoms with Crippen LogP contribution in [0.4, 0.5) is 4.39 Å². The average molecular weight is 173 g/mol. The maximum atomic E-state index is 12.7. The van der Waals surface area contributed by atoms with E-state index in [2.05, 4.69) is 10.2 Å². The molecule has 0 saturated heterocycles. The first-order valence-electron chi connectivity index (χ1n) is 3.67. The van der Waals surface area contributed by atoms with Gasteiger partial charge in [-0.15, -0.1) is 0 Å². The van der Waals surface area contributed by atoms with Crippen molar-refractivity contribution in [1.82, 2.24) is 0 Å². The van der Waals surface area contributed by atoms with Crippen molar-refractivity contribution < 1.29 is 4.39 Å². The van der Waals surface area contributed by atoms with Crippen molar-refractivity contribution in [3.63, 3.8) is 0 Å². The molecule has 0 unspecified atom stereocenters. The highest BCUT2D eigenvalue weighted by Crippen LogP contribution is 2.13. The number of hydrogen-bond acceptors (Lipinski definition) is 0. The Labute approximate surface area is 73.4 Å². The van der Waals surface area contributed by atoms with Gasteiger partial charge in [-0.25, -0.2) is 4.39 Å². The summed E-state index contributed by atoms with van der Waals surface area (Å²) in [6, 6.07) is 10.5. The molecule has 3 radical (unpaired) electrons. The van der Waals surface area contributed by atoms with Gasteiger partial charge in [-0.05, 0) is 22.9 Å². The molecule has 0 heterocycles. The maximum Gasteiger partial charge on any atom is 0.123 e. The van der Waals surface area contributed by atoms with Crippen molar-refractivity contribution in [2.24, 2.45) is 0 Å². The molecule has 2 aromatic rings. The number of rotatable bonds is 0. The van der Waals surface area contributed by atoms with Gasteiger partial charge in [-0.3, -0.25) is 0 Å². The number of hydrogen-bond donors (Lipinski definition) is 0. The molecule has 0 aliphatic rings. The number of fused-ring (bicyclic) bond motifs is 1. The van der Waals surface area contributed by atoms with Crippen molar-refractivity contribution in [1.29, 1.82) is 0 Å². The Morgan fingerprint density at radius 2 is 1.58 bits per heavy atom. The van der Waals surface area contributed by atoms with E-state index < -0.39 is 0 Å². The Kier molecular flexibility index (Phi) is 1.70. The van der Waals surface area contributed by atoms with Gasteiger partial charge in [0.25, 0.3) is 0 Å². The second kappa shape index (κ2) is 2.72. The standard InChI is InChI=1S/C10H6FSi/c11-9-3-1-8-6-10(12)4-2-7(8)5-9/h1-6H. The van der Waals surface area contributed by atoms with E-state index in [1.165, 1.54) is 12.1 Å². The van der Waals surface area contributed by atoms with Gasteiger partial charge < -0.3 is 0 Å². The summed E-state index contributed by atoms with van der Waals surface area (Å²) >= 11 is 0. The van der Waals surface area contributed by atoms with Crippen LogP contribution in [-0.2, 0) is 0 Å². The van der Waals surface area contributed by atoms with Crippen molar-refractivity contribution >= 4 is 26.2 Å². The maximum absolute atomic E-state index is 12.7. The van der Waals surface area contributed by atoms with Crippen LogP contribution >= 0.6 is 0 Å². The Morgan fingerprint density at radius 3 is 2.42 bits per heavy atom. The molecule has 0 aromatic heterocycles. The van der Waals surface area contributed by atoms with Gasteiger partial charge in [0.05, 0.1) is 10.2 Å². The van der Waals surface area contributed by atoms with E-state index >= 15 is 0 Å². The van der Waals surface area contributed by atoms with Gasteiger partial charge in [0.1, 0.15) is 5.82 Å². The fraction of sp³-hybridized carbons (Fsp3) is 0. The molecule has 0 amide bonds. The zero-order valence-corrected chi connectivity index (χ0v) is 7.34. The van der Waals surface area contributed by atoms with Gasteiger partial charge in [-0.2, -0.15) is 0 Å². The highest BCUT2D eigenvalue weighted by atomic mass is 28.1. The summed E-state index contributed by atoms with van der Waals surface area (Å²) in [5.41, 5.74) is 0. The summed E-state index contributed by atoms with van der Waals surface area (Å²) in [6.07, 6.45) is 0.